The standard InChI is InChI=1S/C25H56NO3Si.C23H52NO3Si.C16H38NO3Si.3ClH/c1-7-9-11-13-15-17-19-22-26(3,23-20-18-16-14-12-10-8-2)24-21-25-30(27-4,28-5)29-6;1-7-9-11-13-15-17-20-24(3,21-18-16-14-12-10-8-2)22-19-23-28(25-4,26-5)27-6;1-7-8-9-10-11-12-14-17(2,3)15-13-16-21(18-4,19-5)20-6;;;/h7-25H2,1-6H3;7-23H2,1-6H3;7-16H2,1-6H3;3*1H/q3*+1;;;/p-3. The van der Waals surface area contributed by atoms with Crippen LogP contribution < -0.4 is 37.2 Å². The van der Waals surface area contributed by atoms with Crippen LogP contribution in [0.3, 0.4) is 0 Å². The first-order chi connectivity index (χ1) is 38.0. The third-order valence-electron chi connectivity index (χ3n) is 17.2. The molecular formula is C64H146Cl3N3O9Si3. The predicted octanol–water partition coefficient (Wildman–Crippen LogP) is 8.33. The molecular weight excluding hydrogens is 1150 g/mol. The number of quaternary nitrogens is 3. The van der Waals surface area contributed by atoms with Gasteiger partial charge in [0.25, 0.3) is 0 Å². The van der Waals surface area contributed by atoms with Crippen molar-refractivity contribution in [3.63, 3.8) is 0 Å². The molecule has 0 aromatic heterocycles. The van der Waals surface area contributed by atoms with E-state index in [-0.39, 0.29) is 37.2 Å². The van der Waals surface area contributed by atoms with E-state index in [1.54, 1.807) is 64.0 Å². The minimum atomic E-state index is -2.44. The van der Waals surface area contributed by atoms with Crippen LogP contribution in [0, 0.1) is 0 Å². The van der Waals surface area contributed by atoms with Gasteiger partial charge in [0, 0.05) is 101 Å². The minimum absolute atomic E-state index is 0. The lowest BCUT2D eigenvalue weighted by atomic mass is 10.1. The van der Waals surface area contributed by atoms with E-state index in [0.29, 0.717) is 0 Å². The van der Waals surface area contributed by atoms with Crippen LogP contribution in [0.1, 0.15) is 259 Å². The molecule has 0 aromatic rings. The molecule has 0 amide bonds. The quantitative estimate of drug-likeness (QED) is 0.0340. The third kappa shape index (κ3) is 52.9. The van der Waals surface area contributed by atoms with E-state index in [4.69, 9.17) is 39.8 Å². The Morgan fingerprint density at radius 1 is 0.207 bits per heavy atom. The van der Waals surface area contributed by atoms with Crippen LogP contribution in [0.2, 0.25) is 18.1 Å². The van der Waals surface area contributed by atoms with Crippen LogP contribution in [-0.4, -0.2) is 184 Å². The van der Waals surface area contributed by atoms with Crippen molar-refractivity contribution in [2.24, 2.45) is 0 Å². The van der Waals surface area contributed by atoms with Crippen LogP contribution >= 0.6 is 0 Å². The summed E-state index contributed by atoms with van der Waals surface area (Å²) in [6, 6.07) is 2.73. The molecule has 12 nitrogen and oxygen atoms in total. The number of hydrogen-bond acceptors (Lipinski definition) is 9. The van der Waals surface area contributed by atoms with Crippen molar-refractivity contribution in [1.29, 1.82) is 0 Å². The van der Waals surface area contributed by atoms with Crippen molar-refractivity contribution in [1.82, 2.24) is 0 Å². The molecule has 0 spiro atoms. The molecule has 0 aliphatic carbocycles. The lowest BCUT2D eigenvalue weighted by Gasteiger charge is -2.36. The van der Waals surface area contributed by atoms with Gasteiger partial charge in [-0.2, -0.15) is 0 Å². The molecule has 504 valence electrons. The van der Waals surface area contributed by atoms with E-state index in [1.807, 2.05) is 0 Å². The topological polar surface area (TPSA) is 83.1 Å². The molecule has 18 heteroatoms. The Bertz CT molecular complexity index is 1190. The van der Waals surface area contributed by atoms with Gasteiger partial charge in [0.2, 0.25) is 0 Å². The summed E-state index contributed by atoms with van der Waals surface area (Å²) < 4.78 is 53.6. The zero-order chi connectivity index (χ0) is 59.9. The number of hydrogen-bond donors (Lipinski definition) is 0. The van der Waals surface area contributed by atoms with E-state index in [1.165, 1.54) is 260 Å². The van der Waals surface area contributed by atoms with Gasteiger partial charge in [-0.25, -0.2) is 0 Å². The molecule has 0 rings (SSSR count). The van der Waals surface area contributed by atoms with E-state index in [9.17, 15) is 0 Å². The van der Waals surface area contributed by atoms with Gasteiger partial charge in [-0.05, 0) is 64.2 Å². The summed E-state index contributed by atoms with van der Waals surface area (Å²) in [5.74, 6) is 0. The summed E-state index contributed by atoms with van der Waals surface area (Å²) in [7, 11) is 17.7. The molecule has 0 atom stereocenters. The number of rotatable bonds is 58. The van der Waals surface area contributed by atoms with E-state index in [2.05, 4.69) is 62.8 Å². The fourth-order valence-electron chi connectivity index (χ4n) is 11.3. The maximum absolute atomic E-state index is 5.63. The van der Waals surface area contributed by atoms with Crippen LogP contribution in [0.25, 0.3) is 0 Å². The van der Waals surface area contributed by atoms with E-state index >= 15 is 0 Å². The van der Waals surface area contributed by atoms with Crippen molar-refractivity contribution in [3.8, 4) is 0 Å². The average molecular weight is 1290 g/mol. The SMILES string of the molecule is CCCCCCCCC[N+](C)(CCCCCCCCC)CCC[Si](OC)(OC)OC.CCCCCCCC[N+](C)(C)CCC[Si](OC)(OC)OC.CCCCCCCC[N+](C)(CCCCCCCC)CCC[Si](OC)(OC)OC.[Cl-].[Cl-].[Cl-]. The Balaban J connectivity index is -0.000000263. The highest BCUT2D eigenvalue weighted by atomic mass is 35.5. The van der Waals surface area contributed by atoms with Gasteiger partial charge in [-0.3, -0.25) is 0 Å². The van der Waals surface area contributed by atoms with E-state index < -0.39 is 26.4 Å². The summed E-state index contributed by atoms with van der Waals surface area (Å²) in [4.78, 5) is 0. The van der Waals surface area contributed by atoms with Crippen LogP contribution in [0.5, 0.6) is 0 Å². The van der Waals surface area contributed by atoms with Crippen molar-refractivity contribution >= 4 is 26.4 Å². The summed E-state index contributed by atoms with van der Waals surface area (Å²) in [5, 5.41) is 0. The smallest absolute Gasteiger partial charge is 0.500 e. The fraction of sp³-hybridized carbons (Fsp3) is 1.00. The summed E-state index contributed by atoms with van der Waals surface area (Å²) in [6.07, 6.45) is 47.5. The monoisotopic (exact) mass is 1290 g/mol. The van der Waals surface area contributed by atoms with Crippen LogP contribution in [0.15, 0.2) is 0 Å². The lowest BCUT2D eigenvalue weighted by molar-refractivity contribution is -0.910. The minimum Gasteiger partial charge on any atom is -1.00 e. The van der Waals surface area contributed by atoms with Gasteiger partial charge < -0.3 is 90.5 Å². The number of unbranched alkanes of at least 4 members (excludes halogenated alkanes) is 27. The molecule has 0 aliphatic heterocycles. The Hall–Kier alpha value is 1.04. The normalized spacial score (nSPS) is 12.2. The molecule has 82 heavy (non-hydrogen) atoms. The maximum Gasteiger partial charge on any atom is 0.500 e. The van der Waals surface area contributed by atoms with Crippen molar-refractivity contribution in [2.45, 2.75) is 277 Å². The summed E-state index contributed by atoms with van der Waals surface area (Å²) >= 11 is 0. The summed E-state index contributed by atoms with van der Waals surface area (Å²) in [5.41, 5.74) is 0. The first-order valence-corrected chi connectivity index (χ1v) is 39.2. The number of halogens is 3. The second-order valence-electron chi connectivity index (χ2n) is 24.7. The van der Waals surface area contributed by atoms with Gasteiger partial charge >= 0.3 is 26.4 Å². The molecule has 0 radical (unpaired) electrons. The van der Waals surface area contributed by atoms with Gasteiger partial charge in [0.05, 0.1) is 80.5 Å². The van der Waals surface area contributed by atoms with Gasteiger partial charge in [-0.1, -0.05) is 176 Å². The van der Waals surface area contributed by atoms with E-state index in [0.717, 1.165) is 48.4 Å². The lowest BCUT2D eigenvalue weighted by Crippen LogP contribution is -3.00. The van der Waals surface area contributed by atoms with Crippen molar-refractivity contribution in [3.05, 3.63) is 0 Å². The maximum atomic E-state index is 5.63. The van der Waals surface area contributed by atoms with Crippen LogP contribution in [-0.2, 0) is 39.8 Å². The molecule has 0 bridgehead atoms. The van der Waals surface area contributed by atoms with Crippen LogP contribution in [0.4, 0.5) is 0 Å². The number of nitrogens with zero attached hydrogens (tertiary/aromatic N) is 3. The van der Waals surface area contributed by atoms with Gasteiger partial charge in [-0.15, -0.1) is 0 Å². The first kappa shape index (κ1) is 94.2. The average Bonchev–Trinajstić information content (AvgIpc) is 3.45. The van der Waals surface area contributed by atoms with Gasteiger partial charge in [0.15, 0.2) is 0 Å². The molecule has 0 fully saturated rings. The Morgan fingerprint density at radius 3 is 0.549 bits per heavy atom. The zero-order valence-corrected chi connectivity index (χ0v) is 63.4. The highest BCUT2D eigenvalue weighted by molar-refractivity contribution is 6.61. The highest BCUT2D eigenvalue weighted by Gasteiger charge is 2.40. The first-order valence-electron chi connectivity index (χ1n) is 33.4. The second-order valence-corrected chi connectivity index (χ2v) is 34.0. The Morgan fingerprint density at radius 2 is 0.354 bits per heavy atom. The molecule has 0 aromatic carbocycles. The Labute approximate surface area is 535 Å². The molecule has 0 heterocycles. The molecule has 0 saturated heterocycles. The molecule has 0 unspecified atom stereocenters. The highest BCUT2D eigenvalue weighted by Crippen LogP contribution is 2.23. The largest absolute Gasteiger partial charge is 1.00 e. The Kier molecular flexibility index (Phi) is 73.0. The zero-order valence-electron chi connectivity index (χ0n) is 58.2. The third-order valence-corrected chi connectivity index (χ3v) is 25.7. The predicted molar refractivity (Wildman–Crippen MR) is 348 cm³/mol. The fourth-order valence-corrected chi connectivity index (χ4v) is 16.4. The van der Waals surface area contributed by atoms with Crippen molar-refractivity contribution < 1.29 is 90.5 Å². The molecule has 0 saturated carbocycles. The second kappa shape index (κ2) is 63.6. The molecule has 0 aliphatic rings. The summed E-state index contributed by atoms with van der Waals surface area (Å²) in [6.45, 7) is 21.5. The van der Waals surface area contributed by atoms with Crippen molar-refractivity contribution in [2.75, 3.05) is 145 Å². The van der Waals surface area contributed by atoms with Gasteiger partial charge in [0.1, 0.15) is 0 Å². The molecule has 0 N–H and O–H groups in total.